The van der Waals surface area contributed by atoms with Crippen molar-refractivity contribution in [3.63, 3.8) is 0 Å². The Morgan fingerprint density at radius 2 is 2.11 bits per heavy atom. The van der Waals surface area contributed by atoms with Crippen molar-refractivity contribution in [1.29, 1.82) is 0 Å². The summed E-state index contributed by atoms with van der Waals surface area (Å²) in [6.45, 7) is 8.73. The van der Waals surface area contributed by atoms with Gasteiger partial charge in [-0.15, -0.1) is 0 Å². The van der Waals surface area contributed by atoms with E-state index in [0.717, 1.165) is 30.9 Å². The van der Waals surface area contributed by atoms with E-state index in [-0.39, 0.29) is 11.8 Å². The van der Waals surface area contributed by atoms with Crippen LogP contribution in [0.25, 0.3) is 0 Å². The number of carbonyl (C=O) groups excluding carboxylic acids is 1. The third kappa shape index (κ3) is 2.41. The van der Waals surface area contributed by atoms with E-state index >= 15 is 0 Å². The Labute approximate surface area is 109 Å². The lowest BCUT2D eigenvalue weighted by atomic mass is 9.96. The molecule has 0 aliphatic carbocycles. The van der Waals surface area contributed by atoms with Crippen molar-refractivity contribution < 1.29 is 4.79 Å². The Balaban J connectivity index is 2.23. The van der Waals surface area contributed by atoms with Crippen LogP contribution < -0.4 is 10.2 Å². The summed E-state index contributed by atoms with van der Waals surface area (Å²) in [6.07, 6.45) is 0. The third-order valence-electron chi connectivity index (χ3n) is 3.82. The molecule has 1 heterocycles. The summed E-state index contributed by atoms with van der Waals surface area (Å²) in [5.41, 5.74) is 2.20. The lowest BCUT2D eigenvalue weighted by Crippen LogP contribution is -2.39. The SMILES string of the molecule is CCN(C(=O)C1CNCC1C)c1ccccc1C. The van der Waals surface area contributed by atoms with Crippen molar-refractivity contribution >= 4 is 11.6 Å². The lowest BCUT2D eigenvalue weighted by molar-refractivity contribution is -0.122. The molecule has 3 nitrogen and oxygen atoms in total. The molecule has 1 fully saturated rings. The van der Waals surface area contributed by atoms with E-state index in [4.69, 9.17) is 0 Å². The van der Waals surface area contributed by atoms with Gasteiger partial charge in [0.1, 0.15) is 0 Å². The van der Waals surface area contributed by atoms with Crippen LogP contribution in [0.15, 0.2) is 24.3 Å². The summed E-state index contributed by atoms with van der Waals surface area (Å²) >= 11 is 0. The van der Waals surface area contributed by atoms with Crippen LogP contribution in [0.1, 0.15) is 19.4 Å². The van der Waals surface area contributed by atoms with Crippen LogP contribution in [0.3, 0.4) is 0 Å². The van der Waals surface area contributed by atoms with Gasteiger partial charge in [-0.05, 0) is 37.9 Å². The van der Waals surface area contributed by atoms with Crippen molar-refractivity contribution in [2.24, 2.45) is 11.8 Å². The molecule has 2 rings (SSSR count). The summed E-state index contributed by atoms with van der Waals surface area (Å²) in [7, 11) is 0. The topological polar surface area (TPSA) is 32.3 Å². The fraction of sp³-hybridized carbons (Fsp3) is 0.533. The zero-order valence-corrected chi connectivity index (χ0v) is 11.4. The number of para-hydroxylation sites is 1. The van der Waals surface area contributed by atoms with Crippen LogP contribution in [0, 0.1) is 18.8 Å². The summed E-state index contributed by atoms with van der Waals surface area (Å²) in [5, 5.41) is 3.30. The molecule has 0 bridgehead atoms. The largest absolute Gasteiger partial charge is 0.316 e. The van der Waals surface area contributed by atoms with E-state index in [9.17, 15) is 4.79 Å². The van der Waals surface area contributed by atoms with E-state index < -0.39 is 0 Å². The number of anilines is 1. The van der Waals surface area contributed by atoms with Gasteiger partial charge in [0.2, 0.25) is 5.91 Å². The standard InChI is InChI=1S/C15H22N2O/c1-4-17(14-8-6-5-7-11(14)2)15(18)13-10-16-9-12(13)3/h5-8,12-13,16H,4,9-10H2,1-3H3. The molecule has 3 heteroatoms. The Morgan fingerprint density at radius 1 is 1.39 bits per heavy atom. The van der Waals surface area contributed by atoms with Gasteiger partial charge in [-0.1, -0.05) is 25.1 Å². The van der Waals surface area contributed by atoms with Crippen molar-refractivity contribution in [2.45, 2.75) is 20.8 Å². The number of nitrogens with zero attached hydrogens (tertiary/aromatic N) is 1. The zero-order chi connectivity index (χ0) is 13.1. The molecule has 1 amide bonds. The molecule has 1 aromatic rings. The number of aryl methyl sites for hydroxylation is 1. The van der Waals surface area contributed by atoms with Crippen LogP contribution in [-0.4, -0.2) is 25.5 Å². The highest BCUT2D eigenvalue weighted by Gasteiger charge is 2.33. The van der Waals surface area contributed by atoms with Crippen LogP contribution in [-0.2, 0) is 4.79 Å². The van der Waals surface area contributed by atoms with Gasteiger partial charge < -0.3 is 10.2 Å². The monoisotopic (exact) mass is 246 g/mol. The first kappa shape index (κ1) is 13.1. The summed E-state index contributed by atoms with van der Waals surface area (Å²) in [5.74, 6) is 0.796. The normalized spacial score (nSPS) is 23.1. The maximum absolute atomic E-state index is 12.6. The number of benzene rings is 1. The first-order valence-corrected chi connectivity index (χ1v) is 6.72. The quantitative estimate of drug-likeness (QED) is 0.887. The van der Waals surface area contributed by atoms with E-state index in [2.05, 4.69) is 25.2 Å². The smallest absolute Gasteiger partial charge is 0.231 e. The van der Waals surface area contributed by atoms with E-state index in [1.54, 1.807) is 0 Å². The van der Waals surface area contributed by atoms with E-state index in [1.807, 2.05) is 30.0 Å². The second kappa shape index (κ2) is 5.53. The average Bonchev–Trinajstić information content (AvgIpc) is 2.78. The molecule has 0 aromatic heterocycles. The Kier molecular flexibility index (Phi) is 4.02. The molecule has 2 atom stereocenters. The van der Waals surface area contributed by atoms with Gasteiger partial charge in [0.05, 0.1) is 5.92 Å². The summed E-state index contributed by atoms with van der Waals surface area (Å²) < 4.78 is 0. The minimum atomic E-state index is 0.115. The average molecular weight is 246 g/mol. The minimum Gasteiger partial charge on any atom is -0.316 e. The molecule has 1 aliphatic heterocycles. The molecule has 0 spiro atoms. The number of carbonyl (C=O) groups is 1. The third-order valence-corrected chi connectivity index (χ3v) is 3.82. The van der Waals surface area contributed by atoms with Gasteiger partial charge in [-0.25, -0.2) is 0 Å². The number of nitrogens with one attached hydrogen (secondary N) is 1. The van der Waals surface area contributed by atoms with Crippen molar-refractivity contribution in [3.8, 4) is 0 Å². The van der Waals surface area contributed by atoms with Crippen LogP contribution in [0.4, 0.5) is 5.69 Å². The molecule has 1 aliphatic rings. The second-order valence-electron chi connectivity index (χ2n) is 5.11. The molecule has 2 unspecified atom stereocenters. The lowest BCUT2D eigenvalue weighted by Gasteiger charge is -2.27. The Hall–Kier alpha value is -1.35. The molecule has 18 heavy (non-hydrogen) atoms. The maximum Gasteiger partial charge on any atom is 0.231 e. The van der Waals surface area contributed by atoms with E-state index in [0.29, 0.717) is 5.92 Å². The van der Waals surface area contributed by atoms with E-state index in [1.165, 1.54) is 0 Å². The summed E-state index contributed by atoms with van der Waals surface area (Å²) in [6, 6.07) is 8.09. The highest BCUT2D eigenvalue weighted by molar-refractivity contribution is 5.96. The van der Waals surface area contributed by atoms with Crippen LogP contribution in [0.2, 0.25) is 0 Å². The van der Waals surface area contributed by atoms with Gasteiger partial charge in [0.15, 0.2) is 0 Å². The van der Waals surface area contributed by atoms with Crippen LogP contribution in [0.5, 0.6) is 0 Å². The first-order chi connectivity index (χ1) is 8.65. The second-order valence-corrected chi connectivity index (χ2v) is 5.11. The number of hydrogen-bond acceptors (Lipinski definition) is 2. The molecule has 0 saturated carbocycles. The van der Waals surface area contributed by atoms with Crippen molar-refractivity contribution in [1.82, 2.24) is 5.32 Å². The zero-order valence-electron chi connectivity index (χ0n) is 11.4. The molecule has 1 N–H and O–H groups in total. The molecule has 98 valence electrons. The number of rotatable bonds is 3. The maximum atomic E-state index is 12.6. The summed E-state index contributed by atoms with van der Waals surface area (Å²) in [4.78, 5) is 14.5. The molecular formula is C15H22N2O. The van der Waals surface area contributed by atoms with Crippen molar-refractivity contribution in [2.75, 3.05) is 24.5 Å². The fourth-order valence-electron chi connectivity index (χ4n) is 2.65. The fourth-order valence-corrected chi connectivity index (χ4v) is 2.65. The van der Waals surface area contributed by atoms with Crippen molar-refractivity contribution in [3.05, 3.63) is 29.8 Å². The molecular weight excluding hydrogens is 224 g/mol. The Bertz CT molecular complexity index is 430. The van der Waals surface area contributed by atoms with Gasteiger partial charge >= 0.3 is 0 Å². The minimum absolute atomic E-state index is 0.115. The highest BCUT2D eigenvalue weighted by Crippen LogP contribution is 2.25. The number of hydrogen-bond donors (Lipinski definition) is 1. The molecule has 1 saturated heterocycles. The highest BCUT2D eigenvalue weighted by atomic mass is 16.2. The van der Waals surface area contributed by atoms with Crippen LogP contribution >= 0.6 is 0 Å². The molecule has 1 aromatic carbocycles. The van der Waals surface area contributed by atoms with Gasteiger partial charge in [0, 0.05) is 18.8 Å². The first-order valence-electron chi connectivity index (χ1n) is 6.72. The predicted octanol–water partition coefficient (Wildman–Crippen LogP) is 2.20. The van der Waals surface area contributed by atoms with Gasteiger partial charge in [-0.2, -0.15) is 0 Å². The number of amides is 1. The Morgan fingerprint density at radius 3 is 2.67 bits per heavy atom. The molecule has 0 radical (unpaired) electrons. The van der Waals surface area contributed by atoms with Gasteiger partial charge in [0.25, 0.3) is 0 Å². The van der Waals surface area contributed by atoms with Gasteiger partial charge in [-0.3, -0.25) is 4.79 Å². The predicted molar refractivity (Wildman–Crippen MR) is 74.7 cm³/mol.